The van der Waals surface area contributed by atoms with Gasteiger partial charge in [-0.15, -0.1) is 0 Å². The van der Waals surface area contributed by atoms with E-state index in [0.717, 1.165) is 24.9 Å². The number of hydrogen-bond donors (Lipinski definition) is 0. The van der Waals surface area contributed by atoms with Crippen molar-refractivity contribution in [2.24, 2.45) is 5.92 Å². The van der Waals surface area contributed by atoms with Gasteiger partial charge in [0.05, 0.1) is 23.8 Å². The van der Waals surface area contributed by atoms with E-state index in [-0.39, 0.29) is 18.0 Å². The molecule has 1 fully saturated rings. The summed E-state index contributed by atoms with van der Waals surface area (Å²) in [6.45, 7) is 2.17. The number of rotatable bonds is 4. The SMILES string of the molecule is COCC1CCCN(C(=O)Cn2c(=O)cnc3ccccc32)C1. The molecule has 0 saturated carbocycles. The van der Waals surface area contributed by atoms with Crippen LogP contribution in [0.25, 0.3) is 11.0 Å². The Morgan fingerprint density at radius 3 is 3.04 bits per heavy atom. The summed E-state index contributed by atoms with van der Waals surface area (Å²) in [7, 11) is 1.68. The number of carbonyl (C=O) groups excluding carboxylic acids is 1. The number of nitrogens with zero attached hydrogens (tertiary/aromatic N) is 3. The van der Waals surface area contributed by atoms with Gasteiger partial charge in [0.2, 0.25) is 5.91 Å². The Hall–Kier alpha value is -2.21. The second-order valence-corrected chi connectivity index (χ2v) is 5.97. The summed E-state index contributed by atoms with van der Waals surface area (Å²) < 4.78 is 6.71. The van der Waals surface area contributed by atoms with E-state index >= 15 is 0 Å². The van der Waals surface area contributed by atoms with Crippen LogP contribution in [0, 0.1) is 5.92 Å². The zero-order valence-electron chi connectivity index (χ0n) is 13.3. The Morgan fingerprint density at radius 1 is 1.39 bits per heavy atom. The van der Waals surface area contributed by atoms with Crippen molar-refractivity contribution < 1.29 is 9.53 Å². The number of ether oxygens (including phenoxy) is 1. The van der Waals surface area contributed by atoms with Gasteiger partial charge in [-0.25, -0.2) is 4.98 Å². The van der Waals surface area contributed by atoms with E-state index in [4.69, 9.17) is 4.74 Å². The van der Waals surface area contributed by atoms with Crippen molar-refractivity contribution in [3.05, 3.63) is 40.8 Å². The molecule has 1 aromatic heterocycles. The lowest BCUT2D eigenvalue weighted by Crippen LogP contribution is -2.43. The van der Waals surface area contributed by atoms with E-state index in [0.29, 0.717) is 24.6 Å². The highest BCUT2D eigenvalue weighted by Crippen LogP contribution is 2.17. The quantitative estimate of drug-likeness (QED) is 0.852. The second kappa shape index (κ2) is 6.91. The molecule has 6 heteroatoms. The molecule has 2 heterocycles. The summed E-state index contributed by atoms with van der Waals surface area (Å²) in [5, 5.41) is 0. The van der Waals surface area contributed by atoms with Crippen LogP contribution in [0.3, 0.4) is 0 Å². The predicted molar refractivity (Wildman–Crippen MR) is 87.2 cm³/mol. The molecule has 1 amide bonds. The smallest absolute Gasteiger partial charge is 0.269 e. The van der Waals surface area contributed by atoms with Gasteiger partial charge in [0, 0.05) is 20.2 Å². The molecule has 0 N–H and O–H groups in total. The molecule has 3 rings (SSSR count). The lowest BCUT2D eigenvalue weighted by molar-refractivity contribution is -0.134. The zero-order valence-corrected chi connectivity index (χ0v) is 13.3. The van der Waals surface area contributed by atoms with Crippen molar-refractivity contribution in [3.63, 3.8) is 0 Å². The molecule has 1 aromatic carbocycles. The number of piperidine rings is 1. The molecule has 1 saturated heterocycles. The maximum atomic E-state index is 12.6. The predicted octanol–water partition coefficient (Wildman–Crippen LogP) is 1.28. The number of amides is 1. The van der Waals surface area contributed by atoms with Crippen molar-refractivity contribution in [1.82, 2.24) is 14.5 Å². The molecule has 0 radical (unpaired) electrons. The van der Waals surface area contributed by atoms with Gasteiger partial charge >= 0.3 is 0 Å². The van der Waals surface area contributed by atoms with Gasteiger partial charge in [-0.3, -0.25) is 14.2 Å². The maximum Gasteiger partial charge on any atom is 0.269 e. The highest BCUT2D eigenvalue weighted by molar-refractivity contribution is 5.80. The van der Waals surface area contributed by atoms with Crippen molar-refractivity contribution in [1.29, 1.82) is 0 Å². The monoisotopic (exact) mass is 315 g/mol. The van der Waals surface area contributed by atoms with Crippen molar-refractivity contribution >= 4 is 16.9 Å². The fourth-order valence-electron chi connectivity index (χ4n) is 3.18. The fraction of sp³-hybridized carbons (Fsp3) is 0.471. The van der Waals surface area contributed by atoms with Crippen LogP contribution < -0.4 is 5.56 Å². The molecule has 1 aliphatic heterocycles. The molecule has 1 aliphatic rings. The Labute approximate surface area is 134 Å². The summed E-state index contributed by atoms with van der Waals surface area (Å²) in [5.41, 5.74) is 1.16. The molecule has 0 bridgehead atoms. The molecular weight excluding hydrogens is 294 g/mol. The number of carbonyl (C=O) groups is 1. The van der Waals surface area contributed by atoms with Crippen molar-refractivity contribution in [2.45, 2.75) is 19.4 Å². The van der Waals surface area contributed by atoms with E-state index in [2.05, 4.69) is 4.98 Å². The minimum absolute atomic E-state index is 0.0238. The first-order valence-corrected chi connectivity index (χ1v) is 7.90. The average Bonchev–Trinajstić information content (AvgIpc) is 2.58. The normalized spacial score (nSPS) is 18.3. The lowest BCUT2D eigenvalue weighted by atomic mass is 9.99. The fourth-order valence-corrected chi connectivity index (χ4v) is 3.18. The maximum absolute atomic E-state index is 12.6. The topological polar surface area (TPSA) is 64.4 Å². The molecule has 0 aliphatic carbocycles. The Balaban J connectivity index is 1.80. The number of hydrogen-bond acceptors (Lipinski definition) is 4. The van der Waals surface area contributed by atoms with Gasteiger partial charge in [0.1, 0.15) is 6.54 Å². The first-order valence-electron chi connectivity index (χ1n) is 7.90. The highest BCUT2D eigenvalue weighted by Gasteiger charge is 2.24. The zero-order chi connectivity index (χ0) is 16.2. The van der Waals surface area contributed by atoms with Gasteiger partial charge < -0.3 is 9.64 Å². The van der Waals surface area contributed by atoms with E-state index in [1.165, 1.54) is 10.8 Å². The Bertz CT molecular complexity index is 754. The summed E-state index contributed by atoms with van der Waals surface area (Å²) in [5.74, 6) is 0.355. The van der Waals surface area contributed by atoms with Crippen LogP contribution in [-0.2, 0) is 16.1 Å². The Kier molecular flexibility index (Phi) is 4.71. The number of para-hydroxylation sites is 2. The summed E-state index contributed by atoms with van der Waals surface area (Å²) >= 11 is 0. The first kappa shape index (κ1) is 15.7. The van der Waals surface area contributed by atoms with Crippen LogP contribution >= 0.6 is 0 Å². The third-order valence-electron chi connectivity index (χ3n) is 4.32. The molecule has 2 aromatic rings. The van der Waals surface area contributed by atoms with Crippen LogP contribution in [0.15, 0.2) is 35.3 Å². The average molecular weight is 315 g/mol. The van der Waals surface area contributed by atoms with Gasteiger partial charge in [-0.05, 0) is 30.9 Å². The molecule has 122 valence electrons. The van der Waals surface area contributed by atoms with E-state index in [1.807, 2.05) is 29.2 Å². The molecular formula is C17H21N3O3. The van der Waals surface area contributed by atoms with Crippen LogP contribution in [0.4, 0.5) is 0 Å². The van der Waals surface area contributed by atoms with Gasteiger partial charge in [-0.2, -0.15) is 0 Å². The third-order valence-corrected chi connectivity index (χ3v) is 4.32. The van der Waals surface area contributed by atoms with Gasteiger partial charge in [-0.1, -0.05) is 12.1 Å². The minimum Gasteiger partial charge on any atom is -0.384 e. The van der Waals surface area contributed by atoms with Gasteiger partial charge in [0.25, 0.3) is 5.56 Å². The lowest BCUT2D eigenvalue weighted by Gasteiger charge is -2.32. The first-order chi connectivity index (χ1) is 11.2. The number of likely N-dealkylation sites (tertiary alicyclic amines) is 1. The molecule has 1 atom stereocenters. The number of fused-ring (bicyclic) bond motifs is 1. The number of benzene rings is 1. The summed E-state index contributed by atoms with van der Waals surface area (Å²) in [6.07, 6.45) is 3.33. The van der Waals surface area contributed by atoms with Crippen molar-refractivity contribution in [2.75, 3.05) is 26.8 Å². The highest BCUT2D eigenvalue weighted by atomic mass is 16.5. The van der Waals surface area contributed by atoms with Gasteiger partial charge in [0.15, 0.2) is 0 Å². The summed E-state index contributed by atoms with van der Waals surface area (Å²) in [6, 6.07) is 7.37. The number of methoxy groups -OCH3 is 1. The second-order valence-electron chi connectivity index (χ2n) is 5.97. The van der Waals surface area contributed by atoms with Crippen LogP contribution in [0.1, 0.15) is 12.8 Å². The van der Waals surface area contributed by atoms with Crippen LogP contribution in [0.5, 0.6) is 0 Å². The largest absolute Gasteiger partial charge is 0.384 e. The molecule has 0 spiro atoms. The standard InChI is InChI=1S/C17H21N3O3/c1-23-12-13-5-4-8-19(10-13)17(22)11-20-15-7-3-2-6-14(15)18-9-16(20)21/h2-3,6-7,9,13H,4-5,8,10-12H2,1H3. The molecule has 1 unspecified atom stereocenters. The molecule has 23 heavy (non-hydrogen) atoms. The van der Waals surface area contributed by atoms with E-state index in [1.54, 1.807) is 7.11 Å². The number of aromatic nitrogens is 2. The molecule has 6 nitrogen and oxygen atoms in total. The van der Waals surface area contributed by atoms with E-state index in [9.17, 15) is 9.59 Å². The Morgan fingerprint density at radius 2 is 2.22 bits per heavy atom. The van der Waals surface area contributed by atoms with Crippen LogP contribution in [0.2, 0.25) is 0 Å². The summed E-state index contributed by atoms with van der Waals surface area (Å²) in [4.78, 5) is 30.7. The third kappa shape index (κ3) is 3.42. The van der Waals surface area contributed by atoms with Crippen LogP contribution in [-0.4, -0.2) is 47.2 Å². The minimum atomic E-state index is -0.248. The van der Waals surface area contributed by atoms with Crippen molar-refractivity contribution in [3.8, 4) is 0 Å². The van der Waals surface area contributed by atoms with E-state index < -0.39 is 0 Å².